The van der Waals surface area contributed by atoms with E-state index in [2.05, 4.69) is 15.4 Å². The molecule has 4 rings (SSSR count). The molecule has 23 heavy (non-hydrogen) atoms. The van der Waals surface area contributed by atoms with Gasteiger partial charge in [-0.05, 0) is 30.2 Å². The fourth-order valence-electron chi connectivity index (χ4n) is 2.45. The summed E-state index contributed by atoms with van der Waals surface area (Å²) in [5.74, 6) is 1.30. The minimum atomic E-state index is -0.212. The van der Waals surface area contributed by atoms with Gasteiger partial charge in [-0.25, -0.2) is 9.50 Å². The van der Waals surface area contributed by atoms with Crippen molar-refractivity contribution in [3.8, 4) is 11.5 Å². The third-order valence-electron chi connectivity index (χ3n) is 3.61. The Balaban J connectivity index is 1.38. The Labute approximate surface area is 131 Å². The predicted molar refractivity (Wildman–Crippen MR) is 81.6 cm³/mol. The molecule has 0 bridgehead atoms. The molecule has 0 saturated heterocycles. The number of hydrogen-bond acceptors (Lipinski definition) is 5. The Hall–Kier alpha value is -3.09. The van der Waals surface area contributed by atoms with E-state index in [9.17, 15) is 4.79 Å². The van der Waals surface area contributed by atoms with Crippen molar-refractivity contribution in [2.45, 2.75) is 6.42 Å². The smallest absolute Gasteiger partial charge is 0.271 e. The number of carbonyl (C=O) groups excluding carboxylic acids is 1. The van der Waals surface area contributed by atoms with Crippen LogP contribution in [0.4, 0.5) is 0 Å². The predicted octanol–water partition coefficient (Wildman–Crippen LogP) is 1.43. The second-order valence-corrected chi connectivity index (χ2v) is 5.15. The lowest BCUT2D eigenvalue weighted by atomic mass is 10.1. The second kappa shape index (κ2) is 5.60. The van der Waals surface area contributed by atoms with E-state index in [0.29, 0.717) is 24.3 Å². The zero-order valence-corrected chi connectivity index (χ0v) is 12.2. The van der Waals surface area contributed by atoms with Crippen LogP contribution >= 0.6 is 0 Å². The van der Waals surface area contributed by atoms with Crippen LogP contribution in [0.25, 0.3) is 5.65 Å². The Morgan fingerprint density at radius 3 is 3.09 bits per heavy atom. The van der Waals surface area contributed by atoms with Gasteiger partial charge in [0.1, 0.15) is 0 Å². The number of aromatic nitrogens is 3. The van der Waals surface area contributed by atoms with Crippen molar-refractivity contribution in [3.05, 3.63) is 54.0 Å². The molecule has 0 fully saturated rings. The highest BCUT2D eigenvalue weighted by Gasteiger charge is 2.14. The lowest BCUT2D eigenvalue weighted by Crippen LogP contribution is -2.26. The fourth-order valence-corrected chi connectivity index (χ4v) is 2.45. The van der Waals surface area contributed by atoms with Gasteiger partial charge in [-0.15, -0.1) is 0 Å². The van der Waals surface area contributed by atoms with Crippen LogP contribution in [0.15, 0.2) is 42.7 Å². The number of ether oxygens (including phenoxy) is 2. The van der Waals surface area contributed by atoms with Crippen LogP contribution in [-0.4, -0.2) is 33.8 Å². The molecule has 0 spiro atoms. The van der Waals surface area contributed by atoms with Crippen molar-refractivity contribution in [2.24, 2.45) is 0 Å². The third kappa shape index (κ3) is 2.68. The van der Waals surface area contributed by atoms with Gasteiger partial charge in [0.25, 0.3) is 5.91 Å². The van der Waals surface area contributed by atoms with Crippen LogP contribution in [0.1, 0.15) is 16.1 Å². The largest absolute Gasteiger partial charge is 0.454 e. The van der Waals surface area contributed by atoms with Crippen LogP contribution in [-0.2, 0) is 6.42 Å². The Morgan fingerprint density at radius 1 is 1.26 bits per heavy atom. The van der Waals surface area contributed by atoms with E-state index in [1.807, 2.05) is 18.2 Å². The number of nitrogens with one attached hydrogen (secondary N) is 1. The highest BCUT2D eigenvalue weighted by molar-refractivity contribution is 5.93. The van der Waals surface area contributed by atoms with Crippen LogP contribution in [0, 0.1) is 0 Å². The Morgan fingerprint density at radius 2 is 2.17 bits per heavy atom. The number of nitrogens with zero attached hydrogens (tertiary/aromatic N) is 3. The topological polar surface area (TPSA) is 77.8 Å². The molecule has 1 aliphatic heterocycles. The van der Waals surface area contributed by atoms with Crippen LogP contribution in [0.3, 0.4) is 0 Å². The van der Waals surface area contributed by atoms with Gasteiger partial charge < -0.3 is 14.8 Å². The minimum Gasteiger partial charge on any atom is -0.454 e. The van der Waals surface area contributed by atoms with E-state index < -0.39 is 0 Å². The summed E-state index contributed by atoms with van der Waals surface area (Å²) in [6.07, 6.45) is 4.12. The summed E-state index contributed by atoms with van der Waals surface area (Å²) in [4.78, 5) is 16.3. The van der Waals surface area contributed by atoms with Crippen LogP contribution in [0.5, 0.6) is 11.5 Å². The molecule has 0 unspecified atom stereocenters. The first-order valence-corrected chi connectivity index (χ1v) is 7.27. The molecule has 0 saturated carbocycles. The van der Waals surface area contributed by atoms with Gasteiger partial charge in [0.05, 0.1) is 0 Å². The molecule has 2 aromatic heterocycles. The number of fused-ring (bicyclic) bond motifs is 2. The molecule has 3 heterocycles. The lowest BCUT2D eigenvalue weighted by molar-refractivity contribution is 0.0949. The molecule has 1 N–H and O–H groups in total. The number of carbonyl (C=O) groups is 1. The average molecular weight is 310 g/mol. The van der Waals surface area contributed by atoms with Crippen molar-refractivity contribution < 1.29 is 14.3 Å². The molecule has 0 atom stereocenters. The molecule has 3 aromatic rings. The highest BCUT2D eigenvalue weighted by Crippen LogP contribution is 2.32. The van der Waals surface area contributed by atoms with Crippen molar-refractivity contribution >= 4 is 11.6 Å². The zero-order chi connectivity index (χ0) is 15.6. The van der Waals surface area contributed by atoms with Crippen LogP contribution in [0.2, 0.25) is 0 Å². The first-order chi connectivity index (χ1) is 11.3. The molecular weight excluding hydrogens is 296 g/mol. The molecule has 116 valence electrons. The maximum absolute atomic E-state index is 12.1. The maximum Gasteiger partial charge on any atom is 0.271 e. The first kappa shape index (κ1) is 13.6. The normalized spacial score (nSPS) is 12.5. The average Bonchev–Trinajstić information content (AvgIpc) is 3.20. The van der Waals surface area contributed by atoms with E-state index in [4.69, 9.17) is 9.47 Å². The Bertz CT molecular complexity index is 842. The summed E-state index contributed by atoms with van der Waals surface area (Å²) >= 11 is 0. The number of rotatable bonds is 4. The summed E-state index contributed by atoms with van der Waals surface area (Å²) in [7, 11) is 0. The van der Waals surface area contributed by atoms with Crippen molar-refractivity contribution in [1.82, 2.24) is 19.9 Å². The van der Waals surface area contributed by atoms with Gasteiger partial charge >= 0.3 is 0 Å². The number of benzene rings is 1. The van der Waals surface area contributed by atoms with E-state index in [-0.39, 0.29) is 12.7 Å². The van der Waals surface area contributed by atoms with Crippen molar-refractivity contribution in [2.75, 3.05) is 13.3 Å². The standard InChI is InChI=1S/C16H14N4O3/c21-16(12-9-15-17-5-1-7-20(15)19-12)18-6-4-11-2-3-13-14(8-11)23-10-22-13/h1-3,5,7-9H,4,6,10H2,(H,18,21). The van der Waals surface area contributed by atoms with Gasteiger partial charge in [0.2, 0.25) is 6.79 Å². The van der Waals surface area contributed by atoms with Gasteiger partial charge in [-0.2, -0.15) is 5.10 Å². The van der Waals surface area contributed by atoms with E-state index >= 15 is 0 Å². The number of amides is 1. The van der Waals surface area contributed by atoms with E-state index in [0.717, 1.165) is 17.1 Å². The van der Waals surface area contributed by atoms with Crippen molar-refractivity contribution in [3.63, 3.8) is 0 Å². The summed E-state index contributed by atoms with van der Waals surface area (Å²) in [5.41, 5.74) is 2.08. The summed E-state index contributed by atoms with van der Waals surface area (Å²) < 4.78 is 12.2. The van der Waals surface area contributed by atoms with E-state index in [1.54, 1.807) is 29.0 Å². The summed E-state index contributed by atoms with van der Waals surface area (Å²) in [6, 6.07) is 9.21. The highest BCUT2D eigenvalue weighted by atomic mass is 16.7. The fraction of sp³-hybridized carbons (Fsp3) is 0.188. The monoisotopic (exact) mass is 310 g/mol. The van der Waals surface area contributed by atoms with Gasteiger partial charge in [-0.1, -0.05) is 6.07 Å². The van der Waals surface area contributed by atoms with Gasteiger partial charge in [0.15, 0.2) is 22.8 Å². The second-order valence-electron chi connectivity index (χ2n) is 5.15. The zero-order valence-electron chi connectivity index (χ0n) is 12.2. The third-order valence-corrected chi connectivity index (χ3v) is 3.61. The molecule has 7 heteroatoms. The summed E-state index contributed by atoms with van der Waals surface area (Å²) in [5, 5.41) is 7.05. The van der Waals surface area contributed by atoms with Crippen molar-refractivity contribution in [1.29, 1.82) is 0 Å². The summed E-state index contributed by atoms with van der Waals surface area (Å²) in [6.45, 7) is 0.775. The molecule has 7 nitrogen and oxygen atoms in total. The van der Waals surface area contributed by atoms with Gasteiger partial charge in [0, 0.05) is 25.0 Å². The van der Waals surface area contributed by atoms with Crippen LogP contribution < -0.4 is 14.8 Å². The quantitative estimate of drug-likeness (QED) is 0.789. The number of hydrogen-bond donors (Lipinski definition) is 1. The molecule has 1 amide bonds. The molecular formula is C16H14N4O3. The molecule has 0 radical (unpaired) electrons. The lowest BCUT2D eigenvalue weighted by Gasteiger charge is -2.04. The SMILES string of the molecule is O=C(NCCc1ccc2c(c1)OCO2)c1cc2ncccn2n1. The minimum absolute atomic E-state index is 0.212. The molecule has 0 aliphatic carbocycles. The van der Waals surface area contributed by atoms with E-state index in [1.165, 1.54) is 0 Å². The Kier molecular flexibility index (Phi) is 3.30. The molecule has 1 aromatic carbocycles. The molecule has 1 aliphatic rings. The van der Waals surface area contributed by atoms with Gasteiger partial charge in [-0.3, -0.25) is 4.79 Å². The maximum atomic E-state index is 12.1. The first-order valence-electron chi connectivity index (χ1n) is 7.27.